The van der Waals surface area contributed by atoms with Gasteiger partial charge in [-0.05, 0) is 41.5 Å². The number of hydrogen-bond donors (Lipinski definition) is 2. The van der Waals surface area contributed by atoms with Crippen LogP contribution >= 0.6 is 0 Å². The summed E-state index contributed by atoms with van der Waals surface area (Å²) in [7, 11) is 0. The first kappa shape index (κ1) is 22.0. The van der Waals surface area contributed by atoms with Gasteiger partial charge in [0.25, 0.3) is 0 Å². The number of anilines is 1. The Balaban J connectivity index is 3.04. The summed E-state index contributed by atoms with van der Waals surface area (Å²) in [6, 6.07) is 1.59. The standard InChI is InChI=1S/C19H35N5O2/c1-10-20-17(26)23(13(2)3)12-16(25)21-15-11-14(18(4,5)6)22-24(15)19(7,8)9/h11,13H,10,12H2,1-9H3,(H,20,26)(H,21,25). The van der Waals surface area contributed by atoms with E-state index in [0.29, 0.717) is 12.4 Å². The van der Waals surface area contributed by atoms with Gasteiger partial charge in [-0.2, -0.15) is 5.10 Å². The molecule has 0 aromatic carbocycles. The SMILES string of the molecule is CCNC(=O)N(CC(=O)Nc1cc(C(C)(C)C)nn1C(C)(C)C)C(C)C. The molecule has 0 radical (unpaired) electrons. The molecule has 0 spiro atoms. The van der Waals surface area contributed by atoms with E-state index in [1.807, 2.05) is 52.3 Å². The molecule has 1 aromatic heterocycles. The zero-order chi connectivity index (χ0) is 20.3. The predicted molar refractivity (Wildman–Crippen MR) is 105 cm³/mol. The quantitative estimate of drug-likeness (QED) is 0.840. The number of hydrogen-bond acceptors (Lipinski definition) is 3. The Morgan fingerprint density at radius 3 is 2.19 bits per heavy atom. The van der Waals surface area contributed by atoms with Gasteiger partial charge in [0.15, 0.2) is 0 Å². The van der Waals surface area contributed by atoms with Crippen molar-refractivity contribution in [3.05, 3.63) is 11.8 Å². The smallest absolute Gasteiger partial charge is 0.318 e. The summed E-state index contributed by atoms with van der Waals surface area (Å²) in [5.41, 5.74) is 0.511. The normalized spacial score (nSPS) is 12.2. The summed E-state index contributed by atoms with van der Waals surface area (Å²) in [6.07, 6.45) is 0. The number of carbonyl (C=O) groups is 2. The summed E-state index contributed by atoms with van der Waals surface area (Å²) < 4.78 is 1.83. The highest BCUT2D eigenvalue weighted by Crippen LogP contribution is 2.28. The summed E-state index contributed by atoms with van der Waals surface area (Å²) in [5.74, 6) is 0.405. The summed E-state index contributed by atoms with van der Waals surface area (Å²) in [5, 5.41) is 10.4. The van der Waals surface area contributed by atoms with Gasteiger partial charge in [-0.25, -0.2) is 9.48 Å². The predicted octanol–water partition coefficient (Wildman–Crippen LogP) is 3.31. The van der Waals surface area contributed by atoms with Gasteiger partial charge in [0.05, 0.1) is 11.2 Å². The van der Waals surface area contributed by atoms with Gasteiger partial charge in [0, 0.05) is 24.1 Å². The Hall–Kier alpha value is -2.05. The Morgan fingerprint density at radius 1 is 1.19 bits per heavy atom. The number of aromatic nitrogens is 2. The van der Waals surface area contributed by atoms with Crippen LogP contribution in [0.2, 0.25) is 0 Å². The van der Waals surface area contributed by atoms with Crippen molar-refractivity contribution in [2.45, 2.75) is 79.3 Å². The Labute approximate surface area is 157 Å². The van der Waals surface area contributed by atoms with E-state index >= 15 is 0 Å². The van der Waals surface area contributed by atoms with Crippen LogP contribution in [0.3, 0.4) is 0 Å². The average molecular weight is 366 g/mol. The average Bonchev–Trinajstić information content (AvgIpc) is 2.88. The van der Waals surface area contributed by atoms with Gasteiger partial charge in [0.2, 0.25) is 5.91 Å². The van der Waals surface area contributed by atoms with E-state index in [1.54, 1.807) is 0 Å². The van der Waals surface area contributed by atoms with Gasteiger partial charge < -0.3 is 15.5 Å². The molecular formula is C19H35N5O2. The van der Waals surface area contributed by atoms with E-state index in [0.717, 1.165) is 5.69 Å². The van der Waals surface area contributed by atoms with Gasteiger partial charge in [-0.1, -0.05) is 20.8 Å². The van der Waals surface area contributed by atoms with Crippen LogP contribution in [0.15, 0.2) is 6.07 Å². The van der Waals surface area contributed by atoms with Crippen LogP contribution in [0, 0.1) is 0 Å². The fraction of sp³-hybridized carbons (Fsp3) is 0.737. The fourth-order valence-corrected chi connectivity index (χ4v) is 2.43. The minimum atomic E-state index is -0.274. The van der Waals surface area contributed by atoms with Crippen molar-refractivity contribution in [2.24, 2.45) is 0 Å². The maximum atomic E-state index is 12.6. The van der Waals surface area contributed by atoms with Crippen molar-refractivity contribution in [3.8, 4) is 0 Å². The third-order valence-electron chi connectivity index (χ3n) is 3.91. The van der Waals surface area contributed by atoms with Gasteiger partial charge in [0.1, 0.15) is 12.4 Å². The van der Waals surface area contributed by atoms with Crippen molar-refractivity contribution in [1.82, 2.24) is 20.0 Å². The second kappa shape index (κ2) is 8.10. The van der Waals surface area contributed by atoms with Crippen LogP contribution in [0.1, 0.15) is 68.0 Å². The molecule has 2 N–H and O–H groups in total. The van der Waals surface area contributed by atoms with Gasteiger partial charge >= 0.3 is 6.03 Å². The van der Waals surface area contributed by atoms with E-state index in [9.17, 15) is 9.59 Å². The number of nitrogens with one attached hydrogen (secondary N) is 2. The number of urea groups is 1. The largest absolute Gasteiger partial charge is 0.338 e. The molecule has 0 saturated carbocycles. The number of amides is 3. The maximum Gasteiger partial charge on any atom is 0.318 e. The van der Waals surface area contributed by atoms with E-state index in [-0.39, 0.29) is 35.5 Å². The molecule has 1 rings (SSSR count). The lowest BCUT2D eigenvalue weighted by atomic mass is 9.92. The van der Waals surface area contributed by atoms with Gasteiger partial charge in [-0.15, -0.1) is 0 Å². The monoisotopic (exact) mass is 365 g/mol. The second-order valence-corrected chi connectivity index (χ2v) is 8.85. The second-order valence-electron chi connectivity index (χ2n) is 8.85. The maximum absolute atomic E-state index is 12.6. The first-order valence-corrected chi connectivity index (χ1v) is 9.22. The lowest BCUT2D eigenvalue weighted by Gasteiger charge is -2.27. The molecule has 7 heteroatoms. The Bertz CT molecular complexity index is 635. The molecule has 26 heavy (non-hydrogen) atoms. The van der Waals surface area contributed by atoms with Crippen LogP contribution < -0.4 is 10.6 Å². The van der Waals surface area contributed by atoms with E-state index in [1.165, 1.54) is 4.90 Å². The Kier molecular flexibility index (Phi) is 6.85. The van der Waals surface area contributed by atoms with Crippen LogP contribution in [-0.4, -0.2) is 45.8 Å². The molecule has 0 unspecified atom stereocenters. The molecule has 0 aliphatic heterocycles. The first-order chi connectivity index (χ1) is 11.8. The number of nitrogens with zero attached hydrogens (tertiary/aromatic N) is 3. The van der Waals surface area contributed by atoms with Crippen molar-refractivity contribution >= 4 is 17.8 Å². The van der Waals surface area contributed by atoms with Crippen LogP contribution in [0.4, 0.5) is 10.6 Å². The molecule has 7 nitrogen and oxygen atoms in total. The minimum absolute atomic E-state index is 0.0102. The molecular weight excluding hydrogens is 330 g/mol. The molecule has 0 saturated heterocycles. The summed E-state index contributed by atoms with van der Waals surface area (Å²) in [6.45, 7) is 18.5. The zero-order valence-corrected chi connectivity index (χ0v) is 17.7. The third kappa shape index (κ3) is 5.75. The highest BCUT2D eigenvalue weighted by molar-refractivity contribution is 5.93. The molecule has 0 aliphatic carbocycles. The molecule has 3 amide bonds. The van der Waals surface area contributed by atoms with Crippen molar-refractivity contribution in [3.63, 3.8) is 0 Å². The Morgan fingerprint density at radius 2 is 1.77 bits per heavy atom. The van der Waals surface area contributed by atoms with Gasteiger partial charge in [-0.3, -0.25) is 4.79 Å². The molecule has 148 valence electrons. The lowest BCUT2D eigenvalue weighted by molar-refractivity contribution is -0.117. The fourth-order valence-electron chi connectivity index (χ4n) is 2.43. The first-order valence-electron chi connectivity index (χ1n) is 9.22. The summed E-state index contributed by atoms with van der Waals surface area (Å²) >= 11 is 0. The van der Waals surface area contributed by atoms with E-state index in [2.05, 4.69) is 31.4 Å². The van der Waals surface area contributed by atoms with Crippen LogP contribution in [-0.2, 0) is 15.7 Å². The molecule has 1 heterocycles. The zero-order valence-electron chi connectivity index (χ0n) is 17.7. The third-order valence-corrected chi connectivity index (χ3v) is 3.91. The minimum Gasteiger partial charge on any atom is -0.338 e. The lowest BCUT2D eigenvalue weighted by Crippen LogP contribution is -2.47. The molecule has 0 fully saturated rings. The number of carbonyl (C=O) groups excluding carboxylic acids is 2. The van der Waals surface area contributed by atoms with Crippen molar-refractivity contribution in [2.75, 3.05) is 18.4 Å². The summed E-state index contributed by atoms with van der Waals surface area (Å²) in [4.78, 5) is 26.3. The molecule has 0 atom stereocenters. The van der Waals surface area contributed by atoms with Crippen molar-refractivity contribution in [1.29, 1.82) is 0 Å². The van der Waals surface area contributed by atoms with Crippen LogP contribution in [0.5, 0.6) is 0 Å². The number of rotatable bonds is 5. The molecule has 0 aliphatic rings. The molecule has 1 aromatic rings. The topological polar surface area (TPSA) is 79.3 Å². The molecule has 0 bridgehead atoms. The highest BCUT2D eigenvalue weighted by Gasteiger charge is 2.27. The van der Waals surface area contributed by atoms with E-state index < -0.39 is 0 Å². The van der Waals surface area contributed by atoms with Crippen molar-refractivity contribution < 1.29 is 9.59 Å². The highest BCUT2D eigenvalue weighted by atomic mass is 16.2. The van der Waals surface area contributed by atoms with E-state index in [4.69, 9.17) is 5.10 Å². The van der Waals surface area contributed by atoms with Crippen LogP contribution in [0.25, 0.3) is 0 Å².